The number of aromatic hydroxyl groups is 1. The van der Waals surface area contributed by atoms with Crippen LogP contribution in [-0.2, 0) is 9.59 Å². The number of hydrogen-bond donors (Lipinski definition) is 3. The van der Waals surface area contributed by atoms with Gasteiger partial charge in [-0.2, -0.15) is 5.26 Å². The van der Waals surface area contributed by atoms with Crippen molar-refractivity contribution in [2.24, 2.45) is 0 Å². The van der Waals surface area contributed by atoms with Gasteiger partial charge in [-0.3, -0.25) is 9.59 Å². The summed E-state index contributed by atoms with van der Waals surface area (Å²) in [6, 6.07) is 8.12. The zero-order valence-corrected chi connectivity index (χ0v) is 13.3. The second-order valence-electron chi connectivity index (χ2n) is 5.43. The molecular formula is C17H20N4O3. The van der Waals surface area contributed by atoms with Crippen LogP contribution in [0.3, 0.4) is 0 Å². The fourth-order valence-electron chi connectivity index (χ4n) is 2.40. The number of nitriles is 1. The van der Waals surface area contributed by atoms with Crippen molar-refractivity contribution < 1.29 is 14.7 Å². The van der Waals surface area contributed by atoms with E-state index in [0.29, 0.717) is 19.5 Å². The van der Waals surface area contributed by atoms with Gasteiger partial charge >= 0.3 is 0 Å². The number of carbonyl (C=O) groups is 2. The van der Waals surface area contributed by atoms with E-state index in [9.17, 15) is 14.7 Å². The summed E-state index contributed by atoms with van der Waals surface area (Å²) in [6.45, 7) is 2.03. The molecule has 0 bridgehead atoms. The lowest BCUT2D eigenvalue weighted by Gasteiger charge is -2.14. The van der Waals surface area contributed by atoms with Gasteiger partial charge in [0.05, 0.1) is 5.69 Å². The Labute approximate surface area is 140 Å². The number of phenols is 1. The highest BCUT2D eigenvalue weighted by Gasteiger charge is 2.18. The summed E-state index contributed by atoms with van der Waals surface area (Å²) in [5, 5.41) is 24.1. The molecule has 0 aliphatic carbocycles. The molecule has 1 aliphatic heterocycles. The zero-order chi connectivity index (χ0) is 17.4. The lowest BCUT2D eigenvalue weighted by molar-refractivity contribution is -0.127. The topological polar surface area (TPSA) is 105 Å². The molecule has 2 rings (SSSR count). The normalized spacial score (nSPS) is 14.4. The van der Waals surface area contributed by atoms with Crippen molar-refractivity contribution in [2.45, 2.75) is 19.3 Å². The Morgan fingerprint density at radius 1 is 1.42 bits per heavy atom. The average molecular weight is 328 g/mol. The second kappa shape index (κ2) is 8.58. The van der Waals surface area contributed by atoms with Crippen molar-refractivity contribution in [3.05, 3.63) is 36.0 Å². The van der Waals surface area contributed by atoms with Crippen LogP contribution in [0.4, 0.5) is 5.69 Å². The van der Waals surface area contributed by atoms with Gasteiger partial charge in [-0.25, -0.2) is 0 Å². The summed E-state index contributed by atoms with van der Waals surface area (Å²) in [4.78, 5) is 25.3. The number of phenolic OH excluding ortho intramolecular Hbond substituents is 1. The van der Waals surface area contributed by atoms with E-state index in [1.54, 1.807) is 18.2 Å². The smallest absolute Gasteiger partial charge is 0.267 e. The third-order valence-corrected chi connectivity index (χ3v) is 3.68. The molecule has 2 amide bonds. The molecule has 0 saturated carbocycles. The van der Waals surface area contributed by atoms with E-state index in [-0.39, 0.29) is 22.9 Å². The molecule has 7 nitrogen and oxygen atoms in total. The molecule has 1 aromatic carbocycles. The van der Waals surface area contributed by atoms with E-state index < -0.39 is 5.91 Å². The van der Waals surface area contributed by atoms with Gasteiger partial charge in [-0.1, -0.05) is 12.1 Å². The Bertz CT molecular complexity index is 679. The first-order valence-corrected chi connectivity index (χ1v) is 7.82. The van der Waals surface area contributed by atoms with Crippen LogP contribution in [0.15, 0.2) is 36.0 Å². The van der Waals surface area contributed by atoms with Crippen LogP contribution >= 0.6 is 0 Å². The summed E-state index contributed by atoms with van der Waals surface area (Å²) in [5.74, 6) is -0.474. The molecule has 7 heteroatoms. The highest BCUT2D eigenvalue weighted by Crippen LogP contribution is 2.21. The number of anilines is 1. The maximum Gasteiger partial charge on any atom is 0.267 e. The third-order valence-electron chi connectivity index (χ3n) is 3.68. The van der Waals surface area contributed by atoms with Gasteiger partial charge in [-0.15, -0.1) is 0 Å². The van der Waals surface area contributed by atoms with Crippen LogP contribution in [0.5, 0.6) is 5.75 Å². The summed E-state index contributed by atoms with van der Waals surface area (Å²) >= 11 is 0. The number of likely N-dealkylation sites (tertiary alicyclic amines) is 1. The summed E-state index contributed by atoms with van der Waals surface area (Å²) < 4.78 is 0. The van der Waals surface area contributed by atoms with E-state index in [2.05, 4.69) is 10.6 Å². The minimum Gasteiger partial charge on any atom is -0.506 e. The maximum atomic E-state index is 12.0. The van der Waals surface area contributed by atoms with Gasteiger partial charge in [0.25, 0.3) is 5.91 Å². The van der Waals surface area contributed by atoms with Gasteiger partial charge < -0.3 is 20.6 Å². The number of carbonyl (C=O) groups excluding carboxylic acids is 2. The molecule has 0 aromatic heterocycles. The second-order valence-corrected chi connectivity index (χ2v) is 5.43. The molecule has 1 aromatic rings. The van der Waals surface area contributed by atoms with Crippen LogP contribution in [0.2, 0.25) is 0 Å². The lowest BCUT2D eigenvalue weighted by Crippen LogP contribution is -2.27. The molecule has 24 heavy (non-hydrogen) atoms. The van der Waals surface area contributed by atoms with Crippen LogP contribution < -0.4 is 10.6 Å². The van der Waals surface area contributed by atoms with E-state index in [0.717, 1.165) is 19.4 Å². The van der Waals surface area contributed by atoms with Gasteiger partial charge in [0, 0.05) is 32.3 Å². The molecule has 1 aliphatic rings. The molecule has 1 fully saturated rings. The Morgan fingerprint density at radius 2 is 2.21 bits per heavy atom. The molecule has 0 spiro atoms. The monoisotopic (exact) mass is 328 g/mol. The lowest BCUT2D eigenvalue weighted by atomic mass is 10.2. The molecule has 3 N–H and O–H groups in total. The van der Waals surface area contributed by atoms with Crippen molar-refractivity contribution in [3.63, 3.8) is 0 Å². The number of benzene rings is 1. The molecular weight excluding hydrogens is 308 g/mol. The molecule has 126 valence electrons. The van der Waals surface area contributed by atoms with Gasteiger partial charge in [0.2, 0.25) is 5.91 Å². The van der Waals surface area contributed by atoms with Crippen LogP contribution in [-0.4, -0.2) is 41.5 Å². The number of hydrogen-bond acceptors (Lipinski definition) is 5. The largest absolute Gasteiger partial charge is 0.506 e. The standard InChI is InChI=1S/C17H20N4O3/c18-11-13(17(24)20-14-5-1-2-6-15(14)22)12-19-8-4-10-21-9-3-7-16(21)23/h1-2,5-6,12,19,22H,3-4,7-10H2,(H,20,24)/b13-12-. The predicted molar refractivity (Wildman–Crippen MR) is 88.9 cm³/mol. The van der Waals surface area contributed by atoms with E-state index in [4.69, 9.17) is 5.26 Å². The van der Waals surface area contributed by atoms with Crippen molar-refractivity contribution >= 4 is 17.5 Å². The van der Waals surface area contributed by atoms with Gasteiger partial charge in [0.15, 0.2) is 0 Å². The molecule has 0 atom stereocenters. The first-order valence-electron chi connectivity index (χ1n) is 7.82. The minimum atomic E-state index is -0.596. The SMILES string of the molecule is N#C/C(=C/NCCCN1CCCC1=O)C(=O)Nc1ccccc1O. The first-order chi connectivity index (χ1) is 11.6. The molecule has 0 radical (unpaired) electrons. The number of rotatable bonds is 7. The Hall–Kier alpha value is -3.01. The van der Waals surface area contributed by atoms with Crippen LogP contribution in [0, 0.1) is 11.3 Å². The van der Waals surface area contributed by atoms with Crippen molar-refractivity contribution in [2.75, 3.05) is 25.0 Å². The number of para-hydroxylation sites is 2. The highest BCUT2D eigenvalue weighted by atomic mass is 16.3. The van der Waals surface area contributed by atoms with Crippen molar-refractivity contribution in [3.8, 4) is 11.8 Å². The number of nitrogens with zero attached hydrogens (tertiary/aromatic N) is 2. The fraction of sp³-hybridized carbons (Fsp3) is 0.353. The van der Waals surface area contributed by atoms with Gasteiger partial charge in [0.1, 0.15) is 17.4 Å². The Balaban J connectivity index is 1.78. The molecule has 0 unspecified atom stereocenters. The number of nitrogens with one attached hydrogen (secondary N) is 2. The fourth-order valence-corrected chi connectivity index (χ4v) is 2.40. The maximum absolute atomic E-state index is 12.0. The third kappa shape index (κ3) is 4.74. The molecule has 1 saturated heterocycles. The van der Waals surface area contributed by atoms with Crippen molar-refractivity contribution in [1.29, 1.82) is 5.26 Å². The predicted octanol–water partition coefficient (Wildman–Crippen LogP) is 1.34. The van der Waals surface area contributed by atoms with Gasteiger partial charge in [-0.05, 0) is 25.0 Å². The summed E-state index contributed by atoms with van der Waals surface area (Å²) in [6.07, 6.45) is 3.62. The quantitative estimate of drug-likeness (QED) is 0.303. The number of amides is 2. The summed E-state index contributed by atoms with van der Waals surface area (Å²) in [5.41, 5.74) is 0.159. The first kappa shape index (κ1) is 17.3. The van der Waals surface area contributed by atoms with Crippen molar-refractivity contribution in [1.82, 2.24) is 10.2 Å². The van der Waals surface area contributed by atoms with E-state index >= 15 is 0 Å². The van der Waals surface area contributed by atoms with E-state index in [1.165, 1.54) is 12.3 Å². The average Bonchev–Trinajstić information content (AvgIpc) is 2.98. The Morgan fingerprint density at radius 3 is 2.88 bits per heavy atom. The molecule has 1 heterocycles. The van der Waals surface area contributed by atoms with Crippen LogP contribution in [0.1, 0.15) is 19.3 Å². The summed E-state index contributed by atoms with van der Waals surface area (Å²) in [7, 11) is 0. The minimum absolute atomic E-state index is 0.0635. The highest BCUT2D eigenvalue weighted by molar-refractivity contribution is 6.07. The zero-order valence-electron chi connectivity index (χ0n) is 13.3. The van der Waals surface area contributed by atoms with E-state index in [1.807, 2.05) is 11.0 Å². The van der Waals surface area contributed by atoms with Crippen LogP contribution in [0.25, 0.3) is 0 Å². The Kier molecular flexibility index (Phi) is 6.20.